The number of carbonyl (C=O) groups is 1. The molecule has 1 aliphatic rings. The third-order valence-corrected chi connectivity index (χ3v) is 3.49. The Morgan fingerprint density at radius 1 is 1.35 bits per heavy atom. The van der Waals surface area contributed by atoms with Crippen molar-refractivity contribution in [2.24, 2.45) is 5.92 Å². The van der Waals surface area contributed by atoms with Crippen LogP contribution in [0.5, 0.6) is 0 Å². The highest BCUT2D eigenvalue weighted by molar-refractivity contribution is 6.22. The molecule has 0 radical (unpaired) electrons. The van der Waals surface area contributed by atoms with Crippen LogP contribution < -0.4 is 0 Å². The second kappa shape index (κ2) is 5.31. The Morgan fingerprint density at radius 3 is 2.65 bits per heavy atom. The molecule has 108 valence electrons. The smallest absolute Gasteiger partial charge is 0.379 e. The van der Waals surface area contributed by atoms with Gasteiger partial charge in [-0.2, -0.15) is 13.2 Å². The molecular formula is C15H16F3NO. The van der Waals surface area contributed by atoms with E-state index in [1.54, 1.807) is 12.3 Å². The second-order valence-electron chi connectivity index (χ2n) is 5.03. The molecule has 5 heteroatoms. The summed E-state index contributed by atoms with van der Waals surface area (Å²) >= 11 is 0. The summed E-state index contributed by atoms with van der Waals surface area (Å²) in [5, 5.41) is 0. The van der Waals surface area contributed by atoms with Crippen molar-refractivity contribution in [2.75, 3.05) is 13.6 Å². The lowest BCUT2D eigenvalue weighted by Crippen LogP contribution is -2.33. The normalized spacial score (nSPS) is 20.1. The summed E-state index contributed by atoms with van der Waals surface area (Å²) in [5.74, 6) is -0.237. The van der Waals surface area contributed by atoms with Crippen LogP contribution in [0.2, 0.25) is 0 Å². The topological polar surface area (TPSA) is 20.3 Å². The number of carbonyl (C=O) groups excluding carboxylic acids is 1. The van der Waals surface area contributed by atoms with Crippen LogP contribution in [-0.2, 0) is 11.0 Å². The monoisotopic (exact) mass is 283 g/mol. The molecule has 2 rings (SSSR count). The first kappa shape index (κ1) is 14.6. The van der Waals surface area contributed by atoms with Crippen LogP contribution in [0.1, 0.15) is 24.5 Å². The Bertz CT molecular complexity index is 548. The molecule has 1 aliphatic heterocycles. The van der Waals surface area contributed by atoms with Gasteiger partial charge >= 0.3 is 6.18 Å². The van der Waals surface area contributed by atoms with E-state index < -0.39 is 11.7 Å². The van der Waals surface area contributed by atoms with E-state index in [0.717, 1.165) is 12.1 Å². The Labute approximate surface area is 115 Å². The number of hydrogen-bond acceptors (Lipinski definition) is 2. The lowest BCUT2D eigenvalue weighted by atomic mass is 9.88. The Kier molecular flexibility index (Phi) is 3.88. The van der Waals surface area contributed by atoms with E-state index in [-0.39, 0.29) is 11.7 Å². The number of benzene rings is 1. The zero-order valence-corrected chi connectivity index (χ0v) is 11.4. The molecule has 0 saturated carbocycles. The van der Waals surface area contributed by atoms with E-state index in [2.05, 4.69) is 0 Å². The van der Waals surface area contributed by atoms with Crippen LogP contribution in [0.4, 0.5) is 13.2 Å². The fraction of sp³-hybridized carbons (Fsp3) is 0.400. The lowest BCUT2D eigenvalue weighted by Gasteiger charge is -2.28. The van der Waals surface area contributed by atoms with Crippen LogP contribution in [-0.4, -0.2) is 24.3 Å². The Balaban J connectivity index is 2.43. The molecule has 0 amide bonds. The maximum absolute atomic E-state index is 12.7. The molecular weight excluding hydrogens is 267 g/mol. The highest BCUT2D eigenvalue weighted by Crippen LogP contribution is 2.33. The fourth-order valence-corrected chi connectivity index (χ4v) is 2.38. The third-order valence-electron chi connectivity index (χ3n) is 3.49. The van der Waals surface area contributed by atoms with Gasteiger partial charge < -0.3 is 4.90 Å². The molecule has 1 unspecified atom stereocenters. The van der Waals surface area contributed by atoms with Crippen molar-refractivity contribution in [1.82, 2.24) is 4.90 Å². The fourth-order valence-electron chi connectivity index (χ4n) is 2.38. The van der Waals surface area contributed by atoms with Gasteiger partial charge in [0.05, 0.1) is 5.56 Å². The summed E-state index contributed by atoms with van der Waals surface area (Å²) in [6.07, 6.45) is -2.09. The molecule has 1 aromatic rings. The van der Waals surface area contributed by atoms with Gasteiger partial charge in [-0.15, -0.1) is 0 Å². The number of rotatable bonds is 2. The summed E-state index contributed by atoms with van der Waals surface area (Å²) in [6.45, 7) is 2.52. The first-order valence-electron chi connectivity index (χ1n) is 6.47. The van der Waals surface area contributed by atoms with Crippen molar-refractivity contribution in [2.45, 2.75) is 19.5 Å². The number of nitrogens with zero attached hydrogens (tertiary/aromatic N) is 1. The van der Waals surface area contributed by atoms with Crippen LogP contribution in [0.15, 0.2) is 30.5 Å². The number of Topliss-reactive ketones (excluding diaryl/α,β-unsaturated/α-hetero) is 1. The van der Waals surface area contributed by atoms with Crippen LogP contribution >= 0.6 is 0 Å². The molecule has 20 heavy (non-hydrogen) atoms. The number of ketones is 1. The highest BCUT2D eigenvalue weighted by Gasteiger charge is 2.32. The van der Waals surface area contributed by atoms with Crippen LogP contribution in [0, 0.1) is 5.92 Å². The number of alkyl halides is 3. The third kappa shape index (κ3) is 2.86. The van der Waals surface area contributed by atoms with Gasteiger partial charge in [-0.05, 0) is 24.1 Å². The maximum Gasteiger partial charge on any atom is 0.416 e. The summed E-state index contributed by atoms with van der Waals surface area (Å²) in [7, 11) is 1.82. The van der Waals surface area contributed by atoms with E-state index in [4.69, 9.17) is 0 Å². The van der Waals surface area contributed by atoms with Crippen molar-refractivity contribution >= 4 is 11.4 Å². The van der Waals surface area contributed by atoms with Crippen molar-refractivity contribution in [3.8, 4) is 0 Å². The van der Waals surface area contributed by atoms with Crippen molar-refractivity contribution < 1.29 is 18.0 Å². The quantitative estimate of drug-likeness (QED) is 0.826. The minimum Gasteiger partial charge on any atom is -0.379 e. The van der Waals surface area contributed by atoms with Gasteiger partial charge in [-0.25, -0.2) is 0 Å². The van der Waals surface area contributed by atoms with Gasteiger partial charge in [0.2, 0.25) is 0 Å². The van der Waals surface area contributed by atoms with Gasteiger partial charge in [-0.1, -0.05) is 19.1 Å². The number of allylic oxidation sites excluding steroid dienone is 1. The molecule has 1 heterocycles. The minimum absolute atomic E-state index is 0.0788. The SMILES string of the molecule is CCC1CN(C)C=C(c2cccc(C(F)(F)F)c2)C1=O. The van der Waals surface area contributed by atoms with Gasteiger partial charge in [0.25, 0.3) is 0 Å². The van der Waals surface area contributed by atoms with Gasteiger partial charge in [-0.3, -0.25) is 4.79 Å². The standard InChI is InChI=1S/C15H16F3NO/c1-3-10-8-19(2)9-13(14(10)20)11-5-4-6-12(7-11)15(16,17)18/h4-7,9-10H,3,8H2,1-2H3. The minimum atomic E-state index is -4.40. The molecule has 0 aromatic heterocycles. The van der Waals surface area contributed by atoms with Crippen molar-refractivity contribution in [3.63, 3.8) is 0 Å². The van der Waals surface area contributed by atoms with Crippen LogP contribution in [0.25, 0.3) is 5.57 Å². The Hall–Kier alpha value is -1.78. The molecule has 0 spiro atoms. The molecule has 0 aliphatic carbocycles. The van der Waals surface area contributed by atoms with Gasteiger partial charge in [0, 0.05) is 31.3 Å². The second-order valence-corrected chi connectivity index (χ2v) is 5.03. The number of halogens is 3. The van der Waals surface area contributed by atoms with E-state index >= 15 is 0 Å². The van der Waals surface area contributed by atoms with Crippen molar-refractivity contribution in [3.05, 3.63) is 41.6 Å². The first-order chi connectivity index (χ1) is 9.32. The maximum atomic E-state index is 12.7. The van der Waals surface area contributed by atoms with E-state index in [9.17, 15) is 18.0 Å². The molecule has 0 bridgehead atoms. The van der Waals surface area contributed by atoms with E-state index in [1.165, 1.54) is 6.07 Å². The summed E-state index contributed by atoms with van der Waals surface area (Å²) in [6, 6.07) is 4.93. The van der Waals surface area contributed by atoms with Gasteiger partial charge in [0.1, 0.15) is 0 Å². The molecule has 1 atom stereocenters. The largest absolute Gasteiger partial charge is 0.416 e. The molecule has 0 saturated heterocycles. The molecule has 0 fully saturated rings. The zero-order chi connectivity index (χ0) is 14.9. The van der Waals surface area contributed by atoms with E-state index in [0.29, 0.717) is 24.1 Å². The first-order valence-corrected chi connectivity index (χ1v) is 6.47. The predicted molar refractivity (Wildman–Crippen MR) is 70.8 cm³/mol. The average molecular weight is 283 g/mol. The van der Waals surface area contributed by atoms with Crippen molar-refractivity contribution in [1.29, 1.82) is 0 Å². The van der Waals surface area contributed by atoms with Gasteiger partial charge in [0.15, 0.2) is 5.78 Å². The predicted octanol–water partition coefficient (Wildman–Crippen LogP) is 3.59. The molecule has 1 aromatic carbocycles. The van der Waals surface area contributed by atoms with Crippen LogP contribution in [0.3, 0.4) is 0 Å². The average Bonchev–Trinajstić information content (AvgIpc) is 2.40. The number of hydrogen-bond donors (Lipinski definition) is 0. The molecule has 2 nitrogen and oxygen atoms in total. The lowest BCUT2D eigenvalue weighted by molar-refractivity contribution is -0.137. The molecule has 0 N–H and O–H groups in total. The zero-order valence-electron chi connectivity index (χ0n) is 11.4. The summed E-state index contributed by atoms with van der Waals surface area (Å²) < 4.78 is 38.2. The Morgan fingerprint density at radius 2 is 2.05 bits per heavy atom. The summed E-state index contributed by atoms with van der Waals surface area (Å²) in [5.41, 5.74) is -0.0449. The highest BCUT2D eigenvalue weighted by atomic mass is 19.4. The van der Waals surface area contributed by atoms with E-state index in [1.807, 2.05) is 18.9 Å². The summed E-state index contributed by atoms with van der Waals surface area (Å²) in [4.78, 5) is 14.1.